The van der Waals surface area contributed by atoms with Gasteiger partial charge in [0, 0.05) is 0 Å². The summed E-state index contributed by atoms with van der Waals surface area (Å²) in [5.74, 6) is -66.7. The second-order valence-electron chi connectivity index (χ2n) is 15.6. The fraction of sp³-hybridized carbons (Fsp3) is 1.00. The highest BCUT2D eigenvalue weighted by atomic mass is 19.4. The molecule has 0 unspecified atom stereocenters. The highest BCUT2D eigenvalue weighted by Gasteiger charge is 3.24. The van der Waals surface area contributed by atoms with Gasteiger partial charge in [-0.1, -0.05) is 0 Å². The lowest BCUT2D eigenvalue weighted by Crippen LogP contribution is -3.13. The largest absolute Gasteiger partial charge is 0.478 e. The predicted octanol–water partition coefficient (Wildman–Crippen LogP) is 14.0. The van der Waals surface area contributed by atoms with E-state index >= 15 is 87.8 Å². The van der Waals surface area contributed by atoms with Crippen LogP contribution in [0.5, 0.6) is 0 Å². The molecule has 0 atom stereocenters. The number of hydrogen-bond acceptors (Lipinski definition) is 12. The minimum absolute atomic E-state index is 0.733. The molecule has 0 amide bonds. The Morgan fingerprint density at radius 1 is 0.151 bits per heavy atom. The summed E-state index contributed by atoms with van der Waals surface area (Å²) in [4.78, 5) is 2.93. The second-order valence-corrected chi connectivity index (χ2v) is 15.6. The van der Waals surface area contributed by atoms with Crippen molar-refractivity contribution in [3.05, 3.63) is 0 Å². The third kappa shape index (κ3) is 9.01. The van der Waals surface area contributed by atoms with Gasteiger partial charge in [0.05, 0.1) is 0 Å². The van der Waals surface area contributed by atoms with Gasteiger partial charge in [0.2, 0.25) is 0 Å². The molecule has 4 aliphatic carbocycles. The minimum Gasteiger partial charge on any atom is -0.287 e. The second kappa shape index (κ2) is 19.4. The first-order valence-corrected chi connectivity index (χ1v) is 18.0. The molecule has 0 saturated heterocycles. The van der Waals surface area contributed by atoms with Crippen LogP contribution < -0.4 is 0 Å². The lowest BCUT2D eigenvalue weighted by atomic mass is 9.38. The molecule has 0 heterocycles. The van der Waals surface area contributed by atoms with Gasteiger partial charge in [-0.2, -0.15) is 193 Å². The van der Waals surface area contributed by atoms with Gasteiger partial charge in [0.25, 0.3) is 22.4 Å². The topological polar surface area (TPSA) is 111 Å². The van der Waals surface area contributed by atoms with Gasteiger partial charge in [-0.25, -0.2) is 18.9 Å². The van der Waals surface area contributed by atoms with Crippen LogP contribution in [0.15, 0.2) is 0 Å². The summed E-state index contributed by atoms with van der Waals surface area (Å²) in [5.41, 5.74) is -44.6. The molecule has 4 bridgehead atoms. The summed E-state index contributed by atoms with van der Waals surface area (Å²) >= 11 is 0. The molecule has 0 radical (unpaired) electrons. The number of halogens is 48. The summed E-state index contributed by atoms with van der Waals surface area (Å²) in [6.07, 6.45) is -146. The van der Waals surface area contributed by atoms with E-state index in [2.05, 4.69) is 0 Å². The highest BCUT2D eigenvalue weighted by molar-refractivity contribution is 5.55. The normalized spacial score (nSPS) is 27.9. The fourth-order valence-corrected chi connectivity index (χ4v) is 6.93. The molecule has 12 nitrogen and oxygen atoms in total. The van der Waals surface area contributed by atoms with Crippen molar-refractivity contribution in [2.45, 2.75) is 156 Å². The molecule has 4 rings (SSSR count). The highest BCUT2D eigenvalue weighted by Crippen LogP contribution is 2.90. The van der Waals surface area contributed by atoms with Crippen LogP contribution in [0, 0.1) is 0 Å². The molecule has 0 N–H and O–H groups in total. The quantitative estimate of drug-likeness (QED) is 0.0696. The molecular weight excluding hydrogens is 1420 g/mol. The lowest BCUT2D eigenvalue weighted by molar-refractivity contribution is -0.698. The van der Waals surface area contributed by atoms with E-state index in [0.717, 1.165) is 57.7 Å². The Bertz CT molecular complexity index is 2100. The van der Waals surface area contributed by atoms with E-state index in [4.69, 9.17) is 0 Å². The standard InChI is InChI=1S/C26F48O12/c27-5(28)1(75-11(39,40)15(47,48)79-19(55,56)23(63,64)83-71)6(29,30)3(77-13(43,44)17(51,52)81-21(59,60)25(67,68)85-73)8(33,34)2(5,76-12(41,42)16(49,50)80-20(57,58)24(65,66)84-72)9(35,36)4(7(1,31)32,10(3,37)38)78-14(45,46)18(53,54)82-22(61,62)26(69,70)86-74. The molecule has 60 heteroatoms. The van der Waals surface area contributed by atoms with Gasteiger partial charge in [-0.15, -0.1) is 19.8 Å². The molecule has 86 heavy (non-hydrogen) atoms. The molecule has 4 fully saturated rings. The fourth-order valence-electron chi connectivity index (χ4n) is 6.93. The maximum Gasteiger partial charge on any atom is 0.478 e. The van der Waals surface area contributed by atoms with Crippen molar-refractivity contribution >= 4 is 0 Å². The Morgan fingerprint density at radius 3 is 0.337 bits per heavy atom. The van der Waals surface area contributed by atoms with E-state index in [1.807, 2.05) is 0 Å². The van der Waals surface area contributed by atoms with Crippen LogP contribution in [0.3, 0.4) is 0 Å². The summed E-state index contributed by atoms with van der Waals surface area (Å²) in [5, 5.41) is 0. The van der Waals surface area contributed by atoms with Gasteiger partial charge in [0.15, 0.2) is 0 Å². The first-order chi connectivity index (χ1) is 36.9. The molecule has 0 aliphatic heterocycles. The van der Waals surface area contributed by atoms with E-state index in [-0.39, 0.29) is 0 Å². The van der Waals surface area contributed by atoms with Crippen molar-refractivity contribution < 1.29 is 269 Å². The summed E-state index contributed by atoms with van der Waals surface area (Å²) in [6, 6.07) is 0. The molecular formula is C26F48O12. The average molecular weight is 1420 g/mol. The van der Waals surface area contributed by atoms with Gasteiger partial charge in [0.1, 0.15) is 0 Å². The Morgan fingerprint density at radius 2 is 0.244 bits per heavy atom. The van der Waals surface area contributed by atoms with Crippen molar-refractivity contribution in [3.63, 3.8) is 0 Å². The summed E-state index contributed by atoms with van der Waals surface area (Å²) in [6.45, 7) is 0. The Hall–Kier alpha value is -3.84. The smallest absolute Gasteiger partial charge is 0.287 e. The van der Waals surface area contributed by atoms with E-state index in [9.17, 15) is 123 Å². The molecule has 0 aromatic carbocycles. The summed E-state index contributed by atoms with van der Waals surface area (Å²) < 4.78 is 713. The van der Waals surface area contributed by atoms with Gasteiger partial charge in [-0.05, 0) is 18.1 Å². The maximum absolute atomic E-state index is 16.9. The van der Waals surface area contributed by atoms with Crippen LogP contribution >= 0.6 is 0 Å². The first-order valence-electron chi connectivity index (χ1n) is 18.0. The Balaban J connectivity index is 3.09. The van der Waals surface area contributed by atoms with Crippen LogP contribution in [0.4, 0.5) is 211 Å². The molecule has 4 aliphatic rings. The van der Waals surface area contributed by atoms with Gasteiger partial charge in [-0.3, -0.25) is 18.9 Å². The monoisotopic (exact) mass is 1420 g/mol. The van der Waals surface area contributed by atoms with E-state index in [0.29, 0.717) is 0 Å². The van der Waals surface area contributed by atoms with E-state index in [1.54, 1.807) is 0 Å². The number of hydrogen-bond donors (Lipinski definition) is 0. The molecule has 0 aromatic heterocycles. The third-order valence-electron chi connectivity index (χ3n) is 10.6. The van der Waals surface area contributed by atoms with E-state index in [1.165, 1.54) is 0 Å². The predicted molar refractivity (Wildman–Crippen MR) is 137 cm³/mol. The molecule has 4 saturated carbocycles. The Kier molecular flexibility index (Phi) is 17.2. The van der Waals surface area contributed by atoms with Crippen molar-refractivity contribution in [1.82, 2.24) is 0 Å². The average Bonchev–Trinajstić information content (AvgIpc) is 3.26. The lowest BCUT2D eigenvalue weighted by Gasteiger charge is -2.79. The van der Waals surface area contributed by atoms with Crippen molar-refractivity contribution in [2.24, 2.45) is 0 Å². The van der Waals surface area contributed by atoms with E-state index < -0.39 is 156 Å². The number of alkyl halides is 44. The van der Waals surface area contributed by atoms with Crippen molar-refractivity contribution in [2.75, 3.05) is 0 Å². The number of ether oxygens (including phenoxy) is 8. The number of rotatable bonds is 28. The van der Waals surface area contributed by atoms with Crippen molar-refractivity contribution in [1.29, 1.82) is 0 Å². The first kappa shape index (κ1) is 76.4. The zero-order chi connectivity index (χ0) is 69.5. The van der Waals surface area contributed by atoms with Gasteiger partial charge >= 0.3 is 133 Å². The maximum atomic E-state index is 16.9. The van der Waals surface area contributed by atoms with Crippen LogP contribution in [0.2, 0.25) is 0 Å². The van der Waals surface area contributed by atoms with Crippen LogP contribution in [0.1, 0.15) is 0 Å². The van der Waals surface area contributed by atoms with Crippen LogP contribution in [0.25, 0.3) is 0 Å². The molecule has 0 spiro atoms. The molecule has 512 valence electrons. The zero-order valence-corrected chi connectivity index (χ0v) is 36.0. The van der Waals surface area contributed by atoms with Crippen molar-refractivity contribution in [3.8, 4) is 0 Å². The van der Waals surface area contributed by atoms with Gasteiger partial charge < -0.3 is 0 Å². The third-order valence-corrected chi connectivity index (χ3v) is 10.6. The van der Waals surface area contributed by atoms with Crippen LogP contribution in [-0.4, -0.2) is 156 Å². The summed E-state index contributed by atoms with van der Waals surface area (Å²) in [7, 11) is 0. The SMILES string of the molecule is FOC(F)(F)C(F)(F)OC(F)(F)C(F)(F)OC12C(F)(F)C3(OC(F)(F)C(F)(F)OC(F)(F)C(F)(F)OF)C(F)(F)C(OC(F)(F)C(F)(F)OC(F)(F)C(F)(F)OF)(C1(F)F)C(F)(F)C(OC(F)(F)C(F)(F)OC(F)(F)C(F)(F)OF)(C2(F)F)C3(F)F. The zero-order valence-electron chi connectivity index (χ0n) is 36.0. The molecule has 0 aromatic rings. The minimum atomic E-state index is -11.2. The Labute approximate surface area is 426 Å². The van der Waals surface area contributed by atoms with Crippen LogP contribution in [-0.2, 0) is 57.7 Å².